The Labute approximate surface area is 272 Å². The summed E-state index contributed by atoms with van der Waals surface area (Å²) >= 11 is 1.87. The summed E-state index contributed by atoms with van der Waals surface area (Å²) in [5, 5.41) is 12.0. The Bertz CT molecular complexity index is 3020. The molecule has 0 radical (unpaired) electrons. The molecule has 0 bridgehead atoms. The number of fused-ring (bicyclic) bond motifs is 12. The van der Waals surface area contributed by atoms with Crippen LogP contribution in [0.2, 0.25) is 0 Å². The number of furan rings is 2. The van der Waals surface area contributed by atoms with Gasteiger partial charge in [0.25, 0.3) is 0 Å². The second-order valence-corrected chi connectivity index (χ2v) is 13.4. The molecule has 0 aliphatic carbocycles. The predicted octanol–water partition coefficient (Wildman–Crippen LogP) is 13.5. The highest BCUT2D eigenvalue weighted by atomic mass is 32.1. The third kappa shape index (κ3) is 3.44. The van der Waals surface area contributed by atoms with E-state index in [-0.39, 0.29) is 0 Å². The Morgan fingerprint density at radius 3 is 1.62 bits per heavy atom. The number of hydrogen-bond donors (Lipinski definition) is 0. The zero-order chi connectivity index (χ0) is 30.6. The fraction of sp³-hybridized carbons (Fsp3) is 0. The summed E-state index contributed by atoms with van der Waals surface area (Å²) < 4.78 is 15.5. The smallest absolute Gasteiger partial charge is 0.136 e. The Morgan fingerprint density at radius 2 is 0.894 bits per heavy atom. The van der Waals surface area contributed by atoms with Crippen molar-refractivity contribution in [1.82, 2.24) is 0 Å². The van der Waals surface area contributed by atoms with Crippen molar-refractivity contribution in [2.75, 3.05) is 0 Å². The van der Waals surface area contributed by atoms with Gasteiger partial charge < -0.3 is 8.83 Å². The van der Waals surface area contributed by atoms with Crippen LogP contribution in [-0.4, -0.2) is 0 Å². The Balaban J connectivity index is 1.22. The van der Waals surface area contributed by atoms with E-state index in [1.807, 2.05) is 35.6 Å². The monoisotopic (exact) mass is 616 g/mol. The van der Waals surface area contributed by atoms with Crippen LogP contribution in [0.3, 0.4) is 0 Å². The minimum atomic E-state index is 0.873. The molecule has 11 rings (SSSR count). The molecule has 8 aromatic carbocycles. The van der Waals surface area contributed by atoms with E-state index in [0.29, 0.717) is 0 Å². The molecule has 0 unspecified atom stereocenters. The van der Waals surface area contributed by atoms with Gasteiger partial charge >= 0.3 is 0 Å². The molecule has 3 aromatic heterocycles. The van der Waals surface area contributed by atoms with Crippen molar-refractivity contribution < 1.29 is 8.83 Å². The van der Waals surface area contributed by atoms with E-state index in [1.54, 1.807) is 0 Å². The molecule has 0 aliphatic rings. The van der Waals surface area contributed by atoms with Gasteiger partial charge in [0.15, 0.2) is 0 Å². The zero-order valence-corrected chi connectivity index (χ0v) is 25.9. The quantitative estimate of drug-likeness (QED) is 0.181. The van der Waals surface area contributed by atoms with E-state index in [0.717, 1.165) is 49.4 Å². The lowest BCUT2D eigenvalue weighted by Gasteiger charge is -2.18. The Morgan fingerprint density at radius 1 is 0.340 bits per heavy atom. The number of thiophene rings is 1. The standard InChI is InChI=1S/C44H24O2S/c1-3-12-28-26(10-1)40(25-20-21-31-37(24-25)46-36-23-22-35-43(44(31)36)30-14-5-7-17-34(30)45-35)27-11-2-4-13-29(27)41(28)33-16-9-19-39-42(33)32-15-6-8-18-38(32)47-39/h1-24H. The zero-order valence-electron chi connectivity index (χ0n) is 25.1. The molecule has 11 aromatic rings. The van der Waals surface area contributed by atoms with Gasteiger partial charge in [0.2, 0.25) is 0 Å². The van der Waals surface area contributed by atoms with Gasteiger partial charge in [-0.05, 0) is 86.3 Å². The molecule has 0 spiro atoms. The SMILES string of the molecule is c1ccc2c(c1)oc1ccc3oc4cc(-c5c6ccccc6c(-c6cccc7sc8ccccc8c67)c6ccccc56)ccc4c3c12. The molecular formula is C44H24O2S. The maximum atomic E-state index is 6.60. The van der Waals surface area contributed by atoms with Crippen LogP contribution in [0.1, 0.15) is 0 Å². The van der Waals surface area contributed by atoms with Gasteiger partial charge in [0.05, 0.1) is 0 Å². The summed E-state index contributed by atoms with van der Waals surface area (Å²) in [7, 11) is 0. The molecule has 0 atom stereocenters. The van der Waals surface area contributed by atoms with Gasteiger partial charge in [-0.15, -0.1) is 11.3 Å². The summed E-state index contributed by atoms with van der Waals surface area (Å²) in [5.74, 6) is 0. The van der Waals surface area contributed by atoms with Gasteiger partial charge in [-0.2, -0.15) is 0 Å². The van der Waals surface area contributed by atoms with Crippen LogP contribution in [0.4, 0.5) is 0 Å². The summed E-state index contributed by atoms with van der Waals surface area (Å²) in [4.78, 5) is 0. The van der Waals surface area contributed by atoms with Crippen molar-refractivity contribution in [2.45, 2.75) is 0 Å². The normalized spacial score (nSPS) is 12.3. The van der Waals surface area contributed by atoms with Crippen LogP contribution < -0.4 is 0 Å². The highest BCUT2D eigenvalue weighted by Gasteiger charge is 2.21. The minimum Gasteiger partial charge on any atom is -0.456 e. The predicted molar refractivity (Wildman–Crippen MR) is 200 cm³/mol. The molecule has 0 saturated carbocycles. The lowest BCUT2D eigenvalue weighted by Crippen LogP contribution is -1.91. The summed E-state index contributed by atoms with van der Waals surface area (Å²) in [6.45, 7) is 0. The van der Waals surface area contributed by atoms with Crippen molar-refractivity contribution in [1.29, 1.82) is 0 Å². The fourth-order valence-electron chi connectivity index (χ4n) is 7.95. The summed E-state index contributed by atoms with van der Waals surface area (Å²) in [6.07, 6.45) is 0. The van der Waals surface area contributed by atoms with Crippen LogP contribution in [0.25, 0.3) is 108 Å². The number of para-hydroxylation sites is 1. The molecule has 0 fully saturated rings. The largest absolute Gasteiger partial charge is 0.456 e. The molecule has 0 N–H and O–H groups in total. The van der Waals surface area contributed by atoms with Crippen LogP contribution in [-0.2, 0) is 0 Å². The Kier molecular flexibility index (Phi) is 5.02. The van der Waals surface area contributed by atoms with E-state index in [1.165, 1.54) is 58.4 Å². The lowest BCUT2D eigenvalue weighted by atomic mass is 9.85. The van der Waals surface area contributed by atoms with Crippen molar-refractivity contribution in [3.63, 3.8) is 0 Å². The topological polar surface area (TPSA) is 26.3 Å². The third-order valence-electron chi connectivity index (χ3n) is 9.87. The number of rotatable bonds is 2. The second kappa shape index (κ2) is 9.32. The minimum absolute atomic E-state index is 0.873. The first-order valence-corrected chi connectivity index (χ1v) is 16.7. The Hall–Kier alpha value is -5.90. The molecular weight excluding hydrogens is 593 g/mol. The van der Waals surface area contributed by atoms with Crippen molar-refractivity contribution in [3.8, 4) is 22.3 Å². The number of benzene rings is 8. The van der Waals surface area contributed by atoms with E-state index in [9.17, 15) is 0 Å². The number of hydrogen-bond acceptors (Lipinski definition) is 3. The van der Waals surface area contributed by atoms with Crippen molar-refractivity contribution >= 4 is 96.9 Å². The van der Waals surface area contributed by atoms with Gasteiger partial charge in [-0.25, -0.2) is 0 Å². The van der Waals surface area contributed by atoms with Crippen LogP contribution in [0.15, 0.2) is 154 Å². The first-order chi connectivity index (χ1) is 23.3. The van der Waals surface area contributed by atoms with Gasteiger partial charge in [-0.3, -0.25) is 0 Å². The molecule has 0 aliphatic heterocycles. The molecule has 0 saturated heterocycles. The third-order valence-corrected chi connectivity index (χ3v) is 11.0. The molecule has 3 heterocycles. The van der Waals surface area contributed by atoms with Gasteiger partial charge in [0, 0.05) is 41.7 Å². The molecule has 47 heavy (non-hydrogen) atoms. The van der Waals surface area contributed by atoms with Crippen molar-refractivity contribution in [2.24, 2.45) is 0 Å². The first-order valence-electron chi connectivity index (χ1n) is 15.9. The van der Waals surface area contributed by atoms with E-state index >= 15 is 0 Å². The highest BCUT2D eigenvalue weighted by Crippen LogP contribution is 2.48. The first kappa shape index (κ1) is 25.3. The van der Waals surface area contributed by atoms with E-state index < -0.39 is 0 Å². The summed E-state index contributed by atoms with van der Waals surface area (Å²) in [5.41, 5.74) is 8.46. The van der Waals surface area contributed by atoms with Crippen LogP contribution in [0, 0.1) is 0 Å². The molecule has 218 valence electrons. The van der Waals surface area contributed by atoms with Crippen LogP contribution >= 0.6 is 11.3 Å². The molecule has 0 amide bonds. The van der Waals surface area contributed by atoms with Crippen molar-refractivity contribution in [3.05, 3.63) is 146 Å². The van der Waals surface area contributed by atoms with E-state index in [2.05, 4.69) is 121 Å². The van der Waals surface area contributed by atoms with Crippen LogP contribution in [0.5, 0.6) is 0 Å². The second-order valence-electron chi connectivity index (χ2n) is 12.3. The average Bonchev–Trinajstić information content (AvgIpc) is 3.81. The lowest BCUT2D eigenvalue weighted by molar-refractivity contribution is 0.663. The van der Waals surface area contributed by atoms with Gasteiger partial charge in [-0.1, -0.05) is 103 Å². The van der Waals surface area contributed by atoms with E-state index in [4.69, 9.17) is 8.83 Å². The molecule has 3 heteroatoms. The van der Waals surface area contributed by atoms with Gasteiger partial charge in [0.1, 0.15) is 22.3 Å². The summed E-state index contributed by atoms with van der Waals surface area (Å²) in [6, 6.07) is 52.3. The average molecular weight is 617 g/mol. The fourth-order valence-corrected chi connectivity index (χ4v) is 9.08. The maximum absolute atomic E-state index is 6.60. The molecule has 2 nitrogen and oxygen atoms in total. The highest BCUT2D eigenvalue weighted by molar-refractivity contribution is 7.25. The maximum Gasteiger partial charge on any atom is 0.136 e.